The highest BCUT2D eigenvalue weighted by Crippen LogP contribution is 2.37. The van der Waals surface area contributed by atoms with Gasteiger partial charge in [-0.15, -0.1) is 0 Å². The van der Waals surface area contributed by atoms with Crippen LogP contribution in [0.15, 0.2) is 70.4 Å². The quantitative estimate of drug-likeness (QED) is 0.330. The minimum atomic E-state index is -4.44. The summed E-state index contributed by atoms with van der Waals surface area (Å²) in [5, 5.41) is 1.02. The highest BCUT2D eigenvalue weighted by Gasteiger charge is 2.49. The molecule has 39 heavy (non-hydrogen) atoms. The molecule has 4 aromatic rings. The summed E-state index contributed by atoms with van der Waals surface area (Å²) in [6.45, 7) is 1.73. The molecule has 0 bridgehead atoms. The Bertz CT molecular complexity index is 1660. The van der Waals surface area contributed by atoms with E-state index in [2.05, 4.69) is 15.3 Å². The summed E-state index contributed by atoms with van der Waals surface area (Å²) >= 11 is 0.911. The molecule has 1 amide bonds. The molecule has 1 aliphatic heterocycles. The Hall–Kier alpha value is -3.71. The van der Waals surface area contributed by atoms with Crippen LogP contribution >= 0.6 is 11.3 Å². The molecule has 0 radical (unpaired) electrons. The number of fused-ring (bicyclic) bond motifs is 1. The minimum Gasteiger partial charge on any atom is -0.350 e. The number of carbonyl (C=O) groups is 1. The molecule has 0 aliphatic carbocycles. The first-order chi connectivity index (χ1) is 18.6. The maximum absolute atomic E-state index is 15.4. The van der Waals surface area contributed by atoms with Crippen LogP contribution in [0.3, 0.4) is 0 Å². The summed E-state index contributed by atoms with van der Waals surface area (Å²) in [7, 11) is -4.44. The van der Waals surface area contributed by atoms with Gasteiger partial charge < -0.3 is 15.2 Å². The fourth-order valence-corrected chi connectivity index (χ4v) is 6.94. The third kappa shape index (κ3) is 5.15. The molecule has 2 unspecified atom stereocenters. The summed E-state index contributed by atoms with van der Waals surface area (Å²) in [6, 6.07) is 15.8. The largest absolute Gasteiger partial charge is 0.350 e. The molecule has 2 aromatic heterocycles. The Kier molecular flexibility index (Phi) is 7.21. The van der Waals surface area contributed by atoms with Gasteiger partial charge >= 0.3 is 5.92 Å². The predicted octanol–water partition coefficient (Wildman–Crippen LogP) is 3.62. The molecule has 13 heteroatoms. The molecular weight excluding hydrogens is 548 g/mol. The summed E-state index contributed by atoms with van der Waals surface area (Å²) < 4.78 is 56.6. The molecule has 2 N–H and O–H groups in total. The minimum absolute atomic E-state index is 0.0666. The van der Waals surface area contributed by atoms with Crippen molar-refractivity contribution in [2.24, 2.45) is 0 Å². The summed E-state index contributed by atoms with van der Waals surface area (Å²) in [5.41, 5.74) is -0.114. The van der Waals surface area contributed by atoms with E-state index in [1.807, 2.05) is 35.3 Å². The topological polar surface area (TPSA) is 125 Å². The number of sulfone groups is 1. The number of amides is 1. The van der Waals surface area contributed by atoms with Gasteiger partial charge in [-0.2, -0.15) is 8.78 Å². The number of rotatable bonds is 8. The number of hydrogen-bond donors (Lipinski definition) is 2. The third-order valence-electron chi connectivity index (χ3n) is 6.73. The Morgan fingerprint density at radius 1 is 1.15 bits per heavy atom. The van der Waals surface area contributed by atoms with Gasteiger partial charge in [-0.1, -0.05) is 59.9 Å². The number of alkyl halides is 2. The SMILES string of the molecule is CC(C(F)(F)c1nc2sc(N3CCCC3C(=O)NCc3ccccc3)nc2c(=O)[nH]1)S(=O)(=O)c1ccccc1. The average molecular weight is 574 g/mol. The van der Waals surface area contributed by atoms with Gasteiger partial charge in [-0.05, 0) is 37.5 Å². The second-order valence-electron chi connectivity index (χ2n) is 9.24. The van der Waals surface area contributed by atoms with Crippen LogP contribution in [0.5, 0.6) is 0 Å². The van der Waals surface area contributed by atoms with E-state index in [1.54, 1.807) is 11.0 Å². The first-order valence-corrected chi connectivity index (χ1v) is 14.6. The van der Waals surface area contributed by atoms with Crippen LogP contribution in [0, 0.1) is 0 Å². The maximum Gasteiger partial charge on any atom is 0.321 e. The van der Waals surface area contributed by atoms with Crippen LogP contribution < -0.4 is 15.8 Å². The standard InChI is InChI=1S/C26H25F2N5O4S2/c1-16(39(36,37)18-11-6-3-7-12-18)26(27,28)24-31-22(35)20-23(32-24)38-25(30-20)33-14-8-13-19(33)21(34)29-15-17-9-4-2-5-10-17/h2-7,9-12,16,19H,8,13-15H2,1H3,(H,29,34)(H,31,32,35). The summed E-state index contributed by atoms with van der Waals surface area (Å²) in [4.78, 5) is 37.4. The van der Waals surface area contributed by atoms with Gasteiger partial charge in [0.25, 0.3) is 5.56 Å². The number of hydrogen-bond acceptors (Lipinski definition) is 8. The number of carbonyl (C=O) groups excluding carboxylic acids is 1. The van der Waals surface area contributed by atoms with E-state index in [0.717, 1.165) is 23.8 Å². The summed E-state index contributed by atoms with van der Waals surface area (Å²) in [6.07, 6.45) is 1.28. The van der Waals surface area contributed by atoms with Gasteiger partial charge in [-0.25, -0.2) is 18.4 Å². The van der Waals surface area contributed by atoms with Crippen molar-refractivity contribution in [3.05, 3.63) is 82.4 Å². The Morgan fingerprint density at radius 3 is 2.51 bits per heavy atom. The number of thiazole rings is 1. The molecule has 1 fully saturated rings. The molecule has 2 aromatic carbocycles. The fourth-order valence-electron chi connectivity index (χ4n) is 4.47. The molecule has 9 nitrogen and oxygen atoms in total. The highest BCUT2D eigenvalue weighted by molar-refractivity contribution is 7.92. The maximum atomic E-state index is 15.4. The van der Waals surface area contributed by atoms with Crippen LogP contribution in [0.2, 0.25) is 0 Å². The lowest BCUT2D eigenvalue weighted by molar-refractivity contribution is -0.122. The van der Waals surface area contributed by atoms with Crippen molar-refractivity contribution in [3.63, 3.8) is 0 Å². The van der Waals surface area contributed by atoms with Gasteiger partial charge in [-0.3, -0.25) is 9.59 Å². The first-order valence-electron chi connectivity index (χ1n) is 12.3. The van der Waals surface area contributed by atoms with Crippen molar-refractivity contribution in [3.8, 4) is 0 Å². The number of benzene rings is 2. The monoisotopic (exact) mass is 573 g/mol. The van der Waals surface area contributed by atoms with E-state index >= 15 is 8.78 Å². The van der Waals surface area contributed by atoms with Gasteiger partial charge in [0.1, 0.15) is 11.3 Å². The molecule has 1 saturated heterocycles. The summed E-state index contributed by atoms with van der Waals surface area (Å²) in [5.74, 6) is -5.26. The lowest BCUT2D eigenvalue weighted by Gasteiger charge is -2.23. The number of aromatic amines is 1. The number of halogens is 2. The third-order valence-corrected chi connectivity index (χ3v) is 9.88. The number of anilines is 1. The van der Waals surface area contributed by atoms with Crippen molar-refractivity contribution in [2.45, 2.75) is 48.4 Å². The Labute approximate surface area is 226 Å². The second-order valence-corrected chi connectivity index (χ2v) is 12.5. The zero-order chi connectivity index (χ0) is 27.8. The number of aromatic nitrogens is 3. The lowest BCUT2D eigenvalue weighted by Crippen LogP contribution is -2.43. The van der Waals surface area contributed by atoms with E-state index in [0.29, 0.717) is 31.1 Å². The normalized spacial score (nSPS) is 16.9. The molecular formula is C26H25F2N5O4S2. The van der Waals surface area contributed by atoms with Crippen LogP contribution in [0.25, 0.3) is 10.3 Å². The fraction of sp³-hybridized carbons (Fsp3) is 0.308. The van der Waals surface area contributed by atoms with Crippen LogP contribution in [-0.4, -0.2) is 47.1 Å². The average Bonchev–Trinajstić information content (AvgIpc) is 3.60. The number of H-pyrrole nitrogens is 1. The zero-order valence-electron chi connectivity index (χ0n) is 20.8. The van der Waals surface area contributed by atoms with Crippen molar-refractivity contribution >= 4 is 42.6 Å². The predicted molar refractivity (Wildman–Crippen MR) is 144 cm³/mol. The zero-order valence-corrected chi connectivity index (χ0v) is 22.4. The Morgan fingerprint density at radius 2 is 1.82 bits per heavy atom. The van der Waals surface area contributed by atoms with Gasteiger partial charge in [0.15, 0.2) is 31.1 Å². The van der Waals surface area contributed by atoms with Gasteiger partial charge in [0, 0.05) is 13.1 Å². The van der Waals surface area contributed by atoms with E-state index in [1.165, 1.54) is 24.3 Å². The van der Waals surface area contributed by atoms with Crippen molar-refractivity contribution in [2.75, 3.05) is 11.4 Å². The molecule has 1 aliphatic rings. The smallest absolute Gasteiger partial charge is 0.321 e. The van der Waals surface area contributed by atoms with Crippen molar-refractivity contribution in [1.82, 2.24) is 20.3 Å². The van der Waals surface area contributed by atoms with Crippen molar-refractivity contribution < 1.29 is 22.0 Å². The van der Waals surface area contributed by atoms with Crippen molar-refractivity contribution in [1.29, 1.82) is 0 Å². The molecule has 5 rings (SSSR count). The second kappa shape index (κ2) is 10.5. The van der Waals surface area contributed by atoms with E-state index < -0.39 is 38.4 Å². The molecule has 0 spiro atoms. The van der Waals surface area contributed by atoms with E-state index in [4.69, 9.17) is 0 Å². The lowest BCUT2D eigenvalue weighted by atomic mass is 10.2. The number of nitrogens with one attached hydrogen (secondary N) is 2. The molecule has 2 atom stereocenters. The molecule has 0 saturated carbocycles. The van der Waals surface area contributed by atoms with Crippen LogP contribution in [0.4, 0.5) is 13.9 Å². The van der Waals surface area contributed by atoms with Crippen LogP contribution in [0.1, 0.15) is 31.2 Å². The highest BCUT2D eigenvalue weighted by atomic mass is 32.2. The molecule has 3 heterocycles. The molecule has 204 valence electrons. The van der Waals surface area contributed by atoms with Gasteiger partial charge in [0.2, 0.25) is 5.91 Å². The van der Waals surface area contributed by atoms with Gasteiger partial charge in [0.05, 0.1) is 4.90 Å². The van der Waals surface area contributed by atoms with E-state index in [-0.39, 0.29) is 21.1 Å². The van der Waals surface area contributed by atoms with E-state index in [9.17, 15) is 18.0 Å². The first kappa shape index (κ1) is 26.9. The number of nitrogens with zero attached hydrogens (tertiary/aromatic N) is 3. The van der Waals surface area contributed by atoms with Crippen LogP contribution in [-0.2, 0) is 27.1 Å². The Balaban J connectivity index is 1.41.